The van der Waals surface area contributed by atoms with Crippen molar-refractivity contribution < 1.29 is 4.74 Å². The molecule has 1 fully saturated rings. The Balaban J connectivity index is 2.26. The minimum Gasteiger partial charge on any atom is -0.381 e. The average molecular weight is 191 g/mol. The molecule has 1 aromatic rings. The summed E-state index contributed by atoms with van der Waals surface area (Å²) in [5, 5.41) is 16.1. The first-order valence-electron chi connectivity index (χ1n) is 4.85. The molecule has 0 aromatic carbocycles. The van der Waals surface area contributed by atoms with Gasteiger partial charge in [-0.1, -0.05) is 0 Å². The van der Waals surface area contributed by atoms with Crippen molar-refractivity contribution in [3.05, 3.63) is 17.0 Å². The van der Waals surface area contributed by atoms with Crippen LogP contribution in [0.2, 0.25) is 0 Å². The average Bonchev–Trinajstić information content (AvgIpc) is 2.61. The predicted octanol–water partition coefficient (Wildman–Crippen LogP) is 1.48. The number of rotatable bonds is 1. The number of nitrogens with one attached hydrogen (secondary N) is 1. The minimum atomic E-state index is 0.392. The molecule has 4 heteroatoms. The minimum absolute atomic E-state index is 0.392. The molecule has 1 aromatic heterocycles. The summed E-state index contributed by atoms with van der Waals surface area (Å²) in [5.41, 5.74) is 2.51. The zero-order valence-electron chi connectivity index (χ0n) is 8.21. The molecule has 2 heterocycles. The van der Waals surface area contributed by atoms with Crippen molar-refractivity contribution in [2.24, 2.45) is 0 Å². The fourth-order valence-corrected chi connectivity index (χ4v) is 1.86. The molecule has 0 saturated carbocycles. The molecule has 0 aliphatic carbocycles. The largest absolute Gasteiger partial charge is 0.381 e. The van der Waals surface area contributed by atoms with Gasteiger partial charge in [0, 0.05) is 19.1 Å². The maximum absolute atomic E-state index is 8.98. The van der Waals surface area contributed by atoms with Gasteiger partial charge in [0.1, 0.15) is 6.07 Å². The van der Waals surface area contributed by atoms with Gasteiger partial charge in [-0.2, -0.15) is 10.4 Å². The molecule has 4 nitrogen and oxygen atoms in total. The zero-order chi connectivity index (χ0) is 9.97. The van der Waals surface area contributed by atoms with Gasteiger partial charge in [-0.3, -0.25) is 5.10 Å². The molecular formula is C10H13N3O. The molecular weight excluding hydrogens is 178 g/mol. The van der Waals surface area contributed by atoms with E-state index in [9.17, 15) is 0 Å². The van der Waals surface area contributed by atoms with E-state index in [2.05, 4.69) is 16.3 Å². The summed E-state index contributed by atoms with van der Waals surface area (Å²) < 4.78 is 5.28. The quantitative estimate of drug-likeness (QED) is 0.731. The summed E-state index contributed by atoms with van der Waals surface area (Å²) in [6, 6.07) is 2.21. The van der Waals surface area contributed by atoms with Crippen molar-refractivity contribution in [1.82, 2.24) is 10.2 Å². The van der Waals surface area contributed by atoms with Gasteiger partial charge in [0.05, 0.1) is 17.0 Å². The van der Waals surface area contributed by atoms with Crippen molar-refractivity contribution in [2.75, 3.05) is 13.2 Å². The second kappa shape index (κ2) is 3.81. The van der Waals surface area contributed by atoms with Gasteiger partial charge in [-0.05, 0) is 19.8 Å². The highest BCUT2D eigenvalue weighted by molar-refractivity contribution is 5.38. The Morgan fingerprint density at radius 2 is 2.21 bits per heavy atom. The van der Waals surface area contributed by atoms with E-state index in [1.807, 2.05) is 6.92 Å². The van der Waals surface area contributed by atoms with Crippen molar-refractivity contribution in [3.63, 3.8) is 0 Å². The van der Waals surface area contributed by atoms with Crippen LogP contribution < -0.4 is 0 Å². The number of aromatic nitrogens is 2. The van der Waals surface area contributed by atoms with Crippen LogP contribution in [0.15, 0.2) is 0 Å². The van der Waals surface area contributed by atoms with Crippen LogP contribution in [0.25, 0.3) is 0 Å². The Kier molecular flexibility index (Phi) is 2.51. The van der Waals surface area contributed by atoms with Gasteiger partial charge in [-0.25, -0.2) is 0 Å². The van der Waals surface area contributed by atoms with Gasteiger partial charge in [0.25, 0.3) is 0 Å². The van der Waals surface area contributed by atoms with E-state index < -0.39 is 0 Å². The lowest BCUT2D eigenvalue weighted by molar-refractivity contribution is 0.0844. The van der Waals surface area contributed by atoms with E-state index in [-0.39, 0.29) is 0 Å². The molecule has 0 unspecified atom stereocenters. The van der Waals surface area contributed by atoms with Crippen LogP contribution in [0.4, 0.5) is 0 Å². The van der Waals surface area contributed by atoms with Crippen LogP contribution in [-0.4, -0.2) is 23.4 Å². The summed E-state index contributed by atoms with van der Waals surface area (Å²) in [5.74, 6) is 0.392. The summed E-state index contributed by atoms with van der Waals surface area (Å²) in [7, 11) is 0. The molecule has 74 valence electrons. The lowest BCUT2D eigenvalue weighted by Gasteiger charge is -2.20. The van der Waals surface area contributed by atoms with E-state index >= 15 is 0 Å². The lowest BCUT2D eigenvalue weighted by atomic mass is 9.93. The second-order valence-corrected chi connectivity index (χ2v) is 3.61. The Bertz CT molecular complexity index is 358. The summed E-state index contributed by atoms with van der Waals surface area (Å²) in [6.07, 6.45) is 1.94. The number of ether oxygens (including phenoxy) is 1. The van der Waals surface area contributed by atoms with Crippen molar-refractivity contribution in [2.45, 2.75) is 25.7 Å². The zero-order valence-corrected chi connectivity index (χ0v) is 8.21. The molecule has 2 rings (SSSR count). The Hall–Kier alpha value is -1.34. The van der Waals surface area contributed by atoms with Crippen LogP contribution in [0.5, 0.6) is 0 Å². The maximum atomic E-state index is 8.98. The number of H-pyrrole nitrogens is 1. The Labute approximate surface area is 82.9 Å². The summed E-state index contributed by atoms with van der Waals surface area (Å²) in [6.45, 7) is 3.44. The standard InChI is InChI=1S/C10H13N3O/c1-7-9(6-11)10(13-12-7)8-2-4-14-5-3-8/h8H,2-5H2,1H3,(H,12,13). The number of nitrogens with zero attached hydrogens (tertiary/aromatic N) is 2. The fraction of sp³-hybridized carbons (Fsp3) is 0.600. The van der Waals surface area contributed by atoms with E-state index in [1.54, 1.807) is 0 Å². The highest BCUT2D eigenvalue weighted by atomic mass is 16.5. The van der Waals surface area contributed by atoms with Crippen LogP contribution in [-0.2, 0) is 4.74 Å². The second-order valence-electron chi connectivity index (χ2n) is 3.61. The topological polar surface area (TPSA) is 61.7 Å². The lowest BCUT2D eigenvalue weighted by Crippen LogP contribution is -2.15. The van der Waals surface area contributed by atoms with Crippen LogP contribution in [0.1, 0.15) is 35.7 Å². The summed E-state index contributed by atoms with van der Waals surface area (Å²) in [4.78, 5) is 0. The normalized spacial score (nSPS) is 18.0. The molecule has 1 saturated heterocycles. The number of hydrogen-bond acceptors (Lipinski definition) is 3. The van der Waals surface area contributed by atoms with Crippen LogP contribution >= 0.6 is 0 Å². The van der Waals surface area contributed by atoms with Crippen molar-refractivity contribution in [3.8, 4) is 6.07 Å². The molecule has 1 aliphatic heterocycles. The van der Waals surface area contributed by atoms with Crippen LogP contribution in [0, 0.1) is 18.3 Å². The van der Waals surface area contributed by atoms with E-state index in [1.165, 1.54) is 0 Å². The van der Waals surface area contributed by atoms with Crippen molar-refractivity contribution >= 4 is 0 Å². The fourth-order valence-electron chi connectivity index (χ4n) is 1.86. The van der Waals surface area contributed by atoms with Gasteiger partial charge < -0.3 is 4.74 Å². The molecule has 14 heavy (non-hydrogen) atoms. The summed E-state index contributed by atoms with van der Waals surface area (Å²) >= 11 is 0. The molecule has 0 bridgehead atoms. The SMILES string of the molecule is Cc1[nH]nc(C2CCOCC2)c1C#N. The van der Waals surface area contributed by atoms with E-state index in [0.717, 1.165) is 43.0 Å². The number of aromatic amines is 1. The monoisotopic (exact) mass is 191 g/mol. The smallest absolute Gasteiger partial charge is 0.103 e. The first kappa shape index (κ1) is 9.22. The third-order valence-electron chi connectivity index (χ3n) is 2.70. The van der Waals surface area contributed by atoms with Gasteiger partial charge in [0.15, 0.2) is 0 Å². The van der Waals surface area contributed by atoms with Crippen LogP contribution in [0.3, 0.4) is 0 Å². The number of aryl methyl sites for hydroxylation is 1. The Morgan fingerprint density at radius 1 is 1.50 bits per heavy atom. The number of hydrogen-bond donors (Lipinski definition) is 1. The number of nitriles is 1. The Morgan fingerprint density at radius 3 is 2.86 bits per heavy atom. The van der Waals surface area contributed by atoms with Gasteiger partial charge >= 0.3 is 0 Å². The molecule has 0 radical (unpaired) electrons. The molecule has 1 aliphatic rings. The van der Waals surface area contributed by atoms with Crippen molar-refractivity contribution in [1.29, 1.82) is 5.26 Å². The third kappa shape index (κ3) is 1.51. The third-order valence-corrected chi connectivity index (χ3v) is 2.70. The first-order valence-corrected chi connectivity index (χ1v) is 4.85. The highest BCUT2D eigenvalue weighted by Gasteiger charge is 2.22. The highest BCUT2D eigenvalue weighted by Crippen LogP contribution is 2.28. The van der Waals surface area contributed by atoms with E-state index in [0.29, 0.717) is 5.92 Å². The van der Waals surface area contributed by atoms with Gasteiger partial charge in [-0.15, -0.1) is 0 Å². The molecule has 0 amide bonds. The maximum Gasteiger partial charge on any atom is 0.103 e. The molecule has 0 spiro atoms. The molecule has 1 N–H and O–H groups in total. The predicted molar refractivity (Wildman–Crippen MR) is 50.8 cm³/mol. The first-order chi connectivity index (χ1) is 6.83. The van der Waals surface area contributed by atoms with E-state index in [4.69, 9.17) is 10.00 Å². The molecule has 0 atom stereocenters. The van der Waals surface area contributed by atoms with Gasteiger partial charge in [0.2, 0.25) is 0 Å².